The summed E-state index contributed by atoms with van der Waals surface area (Å²) in [6.45, 7) is 3.20. The molecule has 3 fully saturated rings. The predicted octanol–water partition coefficient (Wildman–Crippen LogP) is 5.87. The van der Waals surface area contributed by atoms with Crippen LogP contribution < -0.4 is 5.32 Å². The topological polar surface area (TPSA) is 132 Å². The summed E-state index contributed by atoms with van der Waals surface area (Å²) < 4.78 is 11.9. The molecule has 264 valence electrons. The molecule has 12 nitrogen and oxygen atoms in total. The molecule has 0 aliphatic carbocycles. The van der Waals surface area contributed by atoms with Gasteiger partial charge in [-0.1, -0.05) is 18.2 Å². The van der Waals surface area contributed by atoms with E-state index in [2.05, 4.69) is 42.1 Å². The maximum atomic E-state index is 14.0. The second kappa shape index (κ2) is 16.1. The van der Waals surface area contributed by atoms with Crippen molar-refractivity contribution in [2.24, 2.45) is 0 Å². The van der Waals surface area contributed by atoms with Crippen molar-refractivity contribution < 1.29 is 32.1 Å². The number of fused-ring (bicyclic) bond motifs is 1. The third kappa shape index (κ3) is 8.30. The largest absolute Gasteiger partial charge is 0.506 e. The zero-order valence-electron chi connectivity index (χ0n) is 27.0. The molecule has 4 aliphatic rings. The van der Waals surface area contributed by atoms with E-state index in [1.165, 1.54) is 0 Å². The highest BCUT2D eigenvalue weighted by molar-refractivity contribution is 14.1. The van der Waals surface area contributed by atoms with Crippen LogP contribution >= 0.6 is 54.9 Å². The minimum atomic E-state index is -1.08. The number of hydrogen-bond donors (Lipinski definition) is 2. The highest BCUT2D eigenvalue weighted by Gasteiger charge is 2.40. The fraction of sp³-hybridized carbons (Fsp3) is 0.529. The number of amides is 4. The van der Waals surface area contributed by atoms with Crippen LogP contribution in [-0.4, -0.2) is 112 Å². The van der Waals surface area contributed by atoms with Crippen LogP contribution in [0, 0.1) is 0 Å². The average molecular weight is 917 g/mol. The molecule has 4 amide bonds. The normalized spacial score (nSPS) is 21.5. The number of phenols is 1. The van der Waals surface area contributed by atoms with Crippen molar-refractivity contribution in [2.75, 3.05) is 44.6 Å². The molecule has 2 aromatic carbocycles. The average Bonchev–Trinajstić information content (AvgIpc) is 3.54. The molecule has 15 heteroatoms. The Morgan fingerprint density at radius 1 is 0.918 bits per heavy atom. The van der Waals surface area contributed by atoms with Crippen LogP contribution in [0.3, 0.4) is 0 Å². The van der Waals surface area contributed by atoms with Crippen LogP contribution in [0.15, 0.2) is 45.3 Å². The van der Waals surface area contributed by atoms with Crippen molar-refractivity contribution in [3.05, 3.63) is 56.5 Å². The van der Waals surface area contributed by atoms with Gasteiger partial charge in [0.2, 0.25) is 0 Å². The third-order valence-corrected chi connectivity index (χ3v) is 11.9. The predicted molar refractivity (Wildman–Crippen MR) is 197 cm³/mol. The summed E-state index contributed by atoms with van der Waals surface area (Å²) in [5.74, 6) is -0.450. The second-order valence-corrected chi connectivity index (χ2v) is 15.2. The van der Waals surface area contributed by atoms with Gasteiger partial charge in [-0.15, -0.1) is 0 Å². The minimum Gasteiger partial charge on any atom is -0.506 e. The minimum absolute atomic E-state index is 0.0160. The molecule has 4 aliphatic heterocycles. The molecule has 0 aromatic heterocycles. The number of nitrogens with zero attached hydrogens (tertiary/aromatic N) is 4. The van der Waals surface area contributed by atoms with E-state index in [1.54, 1.807) is 44.9 Å². The molecule has 0 radical (unpaired) electrons. The lowest BCUT2D eigenvalue weighted by Crippen LogP contribution is -2.53. The molecule has 49 heavy (non-hydrogen) atoms. The summed E-state index contributed by atoms with van der Waals surface area (Å²) in [6, 6.07) is 11.0. The number of urea groups is 1. The number of rotatable bonds is 7. The number of anilines is 1. The quantitative estimate of drug-likeness (QED) is 0.330. The first-order chi connectivity index (χ1) is 23.6. The molecule has 3 saturated heterocycles. The number of benzene rings is 2. The number of carbonyl (C=O) groups is 4. The van der Waals surface area contributed by atoms with E-state index in [4.69, 9.17) is 7.80 Å². The van der Waals surface area contributed by atoms with Gasteiger partial charge < -0.3 is 32.9 Å². The summed E-state index contributed by atoms with van der Waals surface area (Å²) in [5, 5.41) is 13.3. The number of likely N-dealkylation sites (tertiary alicyclic amines) is 3. The number of aromatic hydroxyl groups is 1. The van der Waals surface area contributed by atoms with Gasteiger partial charge in [-0.05, 0) is 113 Å². The molecular formula is C34H40Br2IN5O7. The molecule has 0 unspecified atom stereocenters. The monoisotopic (exact) mass is 915 g/mol. The van der Waals surface area contributed by atoms with Crippen LogP contribution in [0.4, 0.5) is 15.3 Å². The van der Waals surface area contributed by atoms with Crippen molar-refractivity contribution in [1.29, 1.82) is 0 Å². The first kappa shape index (κ1) is 36.2. The van der Waals surface area contributed by atoms with E-state index >= 15 is 0 Å². The van der Waals surface area contributed by atoms with Gasteiger partial charge in [-0.3, -0.25) is 9.69 Å². The lowest BCUT2D eigenvalue weighted by Gasteiger charge is -2.40. The molecule has 6 rings (SSSR count). The van der Waals surface area contributed by atoms with E-state index in [-0.39, 0.29) is 48.2 Å². The van der Waals surface area contributed by atoms with E-state index in [9.17, 15) is 24.3 Å². The fourth-order valence-electron chi connectivity index (χ4n) is 7.58. The van der Waals surface area contributed by atoms with Gasteiger partial charge in [0.25, 0.3) is 5.91 Å². The van der Waals surface area contributed by atoms with Crippen LogP contribution in [0.2, 0.25) is 0 Å². The van der Waals surface area contributed by atoms with E-state index < -0.39 is 12.2 Å². The van der Waals surface area contributed by atoms with Gasteiger partial charge in [-0.2, -0.15) is 0 Å². The summed E-state index contributed by atoms with van der Waals surface area (Å²) in [4.78, 5) is 60.5. The highest BCUT2D eigenvalue weighted by Crippen LogP contribution is 2.34. The van der Waals surface area contributed by atoms with Gasteiger partial charge in [-0.25, -0.2) is 14.4 Å². The van der Waals surface area contributed by atoms with Crippen LogP contribution in [0.1, 0.15) is 49.7 Å². The van der Waals surface area contributed by atoms with Gasteiger partial charge in [0.05, 0.1) is 8.95 Å². The Kier molecular flexibility index (Phi) is 11.9. The first-order valence-corrected chi connectivity index (χ1v) is 19.2. The van der Waals surface area contributed by atoms with E-state index in [0.29, 0.717) is 72.9 Å². The third-order valence-electron chi connectivity index (χ3n) is 10.2. The zero-order chi connectivity index (χ0) is 34.7. The van der Waals surface area contributed by atoms with Gasteiger partial charge in [0.15, 0.2) is 29.1 Å². The van der Waals surface area contributed by atoms with Crippen LogP contribution in [0.5, 0.6) is 5.75 Å². The van der Waals surface area contributed by atoms with Crippen molar-refractivity contribution in [3.8, 4) is 5.75 Å². The van der Waals surface area contributed by atoms with Crippen molar-refractivity contribution in [3.63, 3.8) is 0 Å². The van der Waals surface area contributed by atoms with Crippen molar-refractivity contribution >= 4 is 84.6 Å². The number of piperidine rings is 2. The molecule has 0 spiro atoms. The molecule has 2 aromatic rings. The molecule has 0 bridgehead atoms. The number of phenolic OH excluding ortho intramolecular Hbond substituents is 1. The Bertz CT molecular complexity index is 1540. The maximum Gasteiger partial charge on any atom is 0.410 e. The fourth-order valence-corrected chi connectivity index (χ4v) is 9.15. The molecular weight excluding hydrogens is 877 g/mol. The first-order valence-electron chi connectivity index (χ1n) is 16.8. The summed E-state index contributed by atoms with van der Waals surface area (Å²) >= 11 is 8.38. The number of carbonyl (C=O) groups excluding carboxylic acids is 4. The summed E-state index contributed by atoms with van der Waals surface area (Å²) in [5.41, 5.74) is 2.65. The Morgan fingerprint density at radius 2 is 1.57 bits per heavy atom. The Balaban J connectivity index is 1.09. The standard InChI is InChI=1S/C34H40Br2IN5O7/c35-25-18-21(19-26(36)30(25)43)20-29(31(44)39-13-8-23(9-14-39)41-12-3-6-28(41)32(45)49-37)48-34(47)40-15-10-24(11-16-40)42-17-7-22-4-1-2-5-27(22)38-33(42)46/h1-2,4-5,18-19,23-24,28-29,43H,3,6-17,20H2,(H,38,46)/t28-,29-/m1/s1. The van der Waals surface area contributed by atoms with Crippen molar-refractivity contribution in [2.45, 2.75) is 75.6 Å². The van der Waals surface area contributed by atoms with Crippen LogP contribution in [0.25, 0.3) is 0 Å². The Labute approximate surface area is 316 Å². The summed E-state index contributed by atoms with van der Waals surface area (Å²) in [7, 11) is 0. The Hall–Kier alpha value is -2.63. The molecule has 2 N–H and O–H groups in total. The van der Waals surface area contributed by atoms with E-state index in [0.717, 1.165) is 37.1 Å². The van der Waals surface area contributed by atoms with Gasteiger partial charge >= 0.3 is 18.1 Å². The second-order valence-electron chi connectivity index (χ2n) is 13.1. The molecule has 4 heterocycles. The maximum absolute atomic E-state index is 14.0. The number of halogens is 3. The lowest BCUT2D eigenvalue weighted by molar-refractivity contribution is -0.144. The lowest BCUT2D eigenvalue weighted by atomic mass is 10.00. The number of ether oxygens (including phenoxy) is 1. The summed E-state index contributed by atoms with van der Waals surface area (Å²) in [6.07, 6.45) is 3.56. The van der Waals surface area contributed by atoms with E-state index in [1.807, 2.05) is 29.2 Å². The SMILES string of the molecule is O=C(OI)[C@H]1CCCN1C1CCN(C(=O)[C@@H](Cc2cc(Br)c(O)c(Br)c2)OC(=O)N2CCC(N3CCc4ccccc4NC3=O)CC2)CC1. The molecule has 2 atom stereocenters. The van der Waals surface area contributed by atoms with Crippen molar-refractivity contribution in [1.82, 2.24) is 19.6 Å². The number of nitrogens with one attached hydrogen (secondary N) is 1. The zero-order valence-corrected chi connectivity index (χ0v) is 32.3. The molecule has 0 saturated carbocycles. The smallest absolute Gasteiger partial charge is 0.410 e. The highest BCUT2D eigenvalue weighted by atomic mass is 127. The number of hydrogen-bond acceptors (Lipinski definition) is 8. The Morgan fingerprint density at radius 3 is 2.27 bits per heavy atom. The number of para-hydroxylation sites is 1. The van der Waals surface area contributed by atoms with Crippen LogP contribution in [-0.2, 0) is 30.2 Å². The van der Waals surface area contributed by atoms with Gasteiger partial charge in [0, 0.05) is 56.9 Å². The van der Waals surface area contributed by atoms with Gasteiger partial charge in [0.1, 0.15) is 11.8 Å².